The maximum absolute atomic E-state index is 3.84. The van der Waals surface area contributed by atoms with E-state index >= 15 is 0 Å². The van der Waals surface area contributed by atoms with Crippen LogP contribution in [0.5, 0.6) is 0 Å². The van der Waals surface area contributed by atoms with Crippen molar-refractivity contribution >= 4 is 0 Å². The molecule has 0 atom stereocenters. The van der Waals surface area contributed by atoms with E-state index in [9.17, 15) is 0 Å². The molecule has 58 valence electrons. The zero-order chi connectivity index (χ0) is 7.82. The van der Waals surface area contributed by atoms with Crippen LogP contribution >= 0.6 is 0 Å². The Kier molecular flexibility index (Phi) is 8.81. The van der Waals surface area contributed by atoms with Crippen LogP contribution in [0.25, 0.3) is 0 Å². The molecule has 1 nitrogen and oxygen atoms in total. The molecule has 0 saturated heterocycles. The fourth-order valence-electron chi connectivity index (χ4n) is 0.564. The van der Waals surface area contributed by atoms with Gasteiger partial charge in [0, 0.05) is 0 Å². The summed E-state index contributed by atoms with van der Waals surface area (Å²) in [6, 6.07) is 4.98. The van der Waals surface area contributed by atoms with Gasteiger partial charge in [0.2, 0.25) is 0 Å². The molecule has 1 rings (SSSR count). The second kappa shape index (κ2) is 8.15. The first-order valence-electron chi connectivity index (χ1n) is 3.74. The summed E-state index contributed by atoms with van der Waals surface area (Å²) >= 11 is 0. The Bertz CT molecular complexity index is 151. The molecule has 0 fully saturated rings. The average Bonchev–Trinajstić information content (AvgIpc) is 2.10. The maximum atomic E-state index is 3.84. The van der Waals surface area contributed by atoms with Crippen molar-refractivity contribution in [3.05, 3.63) is 30.1 Å². The van der Waals surface area contributed by atoms with Crippen LogP contribution in [-0.4, -0.2) is 4.98 Å². The molecule has 11 heavy (non-hydrogen) atoms. The van der Waals surface area contributed by atoms with Crippen LogP contribution in [0.2, 0.25) is 0 Å². The second-order valence-corrected chi connectivity index (χ2v) is 1.62. The smallest absolute Gasteiger partial charge is 0 e. The van der Waals surface area contributed by atoms with E-state index in [1.54, 1.807) is 12.4 Å². The van der Waals surface area contributed by atoms with Gasteiger partial charge in [0.25, 0.3) is 0 Å². The summed E-state index contributed by atoms with van der Waals surface area (Å²) in [5.74, 6) is 0. The topological polar surface area (TPSA) is 12.9 Å². The molecule has 0 bridgehead atoms. The van der Waals surface area contributed by atoms with E-state index < -0.39 is 0 Å². The van der Waals surface area contributed by atoms with E-state index in [1.165, 1.54) is 5.56 Å². The quantitative estimate of drug-likeness (QED) is 0.657. The van der Waals surface area contributed by atoms with Gasteiger partial charge >= 0.3 is 0 Å². The van der Waals surface area contributed by atoms with E-state index in [1.807, 2.05) is 19.9 Å². The van der Waals surface area contributed by atoms with Crippen molar-refractivity contribution in [3.63, 3.8) is 0 Å². The Morgan fingerprint density at radius 1 is 1.45 bits per heavy atom. The van der Waals surface area contributed by atoms with Crippen molar-refractivity contribution in [1.29, 1.82) is 0 Å². The summed E-state index contributed by atoms with van der Waals surface area (Å²) < 4.78 is 0. The fourth-order valence-corrected chi connectivity index (χ4v) is 0.564. The van der Waals surface area contributed by atoms with E-state index in [0.717, 1.165) is 6.42 Å². The SMILES string of the molecule is CC.CCc1[c-]cncc1.[Rf]. The standard InChI is InChI=1S/C7H8N.C2H6.Rf/c1-2-7-3-5-8-6-4-7;1-2;/h3,5-6H,2H2,1H3;1-2H3;/q-1;;. The van der Waals surface area contributed by atoms with Crippen molar-refractivity contribution in [3.8, 4) is 0 Å². The molecule has 0 amide bonds. The number of aryl methyl sites for hydroxylation is 1. The fraction of sp³-hybridized carbons (Fsp3) is 0.444. The largest absolute Gasteiger partial charge is 0.304 e. The average molecular weight is 403 g/mol. The Morgan fingerprint density at radius 2 is 2.09 bits per heavy atom. The van der Waals surface area contributed by atoms with Crippen molar-refractivity contribution in [1.82, 2.24) is 4.98 Å². The summed E-state index contributed by atoms with van der Waals surface area (Å²) in [4.78, 5) is 3.84. The van der Waals surface area contributed by atoms with Crippen molar-refractivity contribution in [2.75, 3.05) is 0 Å². The van der Waals surface area contributed by atoms with Gasteiger partial charge in [-0.25, -0.2) is 11.6 Å². The van der Waals surface area contributed by atoms with Crippen molar-refractivity contribution in [2.45, 2.75) is 27.2 Å². The molecule has 2 heteroatoms. The molecular formula is C9H14NRf-. The second-order valence-electron chi connectivity index (χ2n) is 1.62. The first-order valence-corrected chi connectivity index (χ1v) is 3.74. The van der Waals surface area contributed by atoms with Crippen molar-refractivity contribution in [2.24, 2.45) is 0 Å². The van der Waals surface area contributed by atoms with E-state index in [4.69, 9.17) is 0 Å². The minimum atomic E-state index is 0. The molecule has 0 N–H and O–H groups in total. The zero-order valence-electron chi connectivity index (χ0n) is 7.59. The molecule has 0 aliphatic heterocycles. The third-order valence-corrected chi connectivity index (χ3v) is 1.07. The molecule has 1 aromatic heterocycles. The van der Waals surface area contributed by atoms with Crippen LogP contribution in [0, 0.1) is 6.07 Å². The number of pyridine rings is 1. The molecule has 0 aromatic carbocycles. The minimum absolute atomic E-state index is 0. The van der Waals surface area contributed by atoms with Crippen LogP contribution in [0.15, 0.2) is 18.5 Å². The molecule has 0 spiro atoms. The Morgan fingerprint density at radius 3 is 2.36 bits per heavy atom. The summed E-state index contributed by atoms with van der Waals surface area (Å²) in [7, 11) is 0. The van der Waals surface area contributed by atoms with Gasteiger partial charge in [-0.1, -0.05) is 39.6 Å². The molecule has 0 unspecified atom stereocenters. The predicted octanol–water partition coefficient (Wildman–Crippen LogP) is 2.47. The Hall–Kier alpha value is -1.85. The minimum Gasteiger partial charge on any atom is -0.304 e. The predicted molar refractivity (Wildman–Crippen MR) is 43.8 cm³/mol. The first-order chi connectivity index (χ1) is 4.93. The summed E-state index contributed by atoms with van der Waals surface area (Å²) in [5.41, 5.74) is 1.22. The molecule has 1 heterocycles. The zero-order valence-corrected chi connectivity index (χ0v) is 14.0. The van der Waals surface area contributed by atoms with E-state index in [-0.39, 0.29) is 0 Å². The van der Waals surface area contributed by atoms with Crippen LogP contribution in [0.4, 0.5) is 0 Å². The first kappa shape index (κ1) is 11.9. The monoisotopic (exact) mass is 403 g/mol. The molecule has 0 saturated carbocycles. The van der Waals surface area contributed by atoms with Gasteiger partial charge in [-0.3, -0.25) is 0 Å². The Labute approximate surface area is 63.1 Å². The van der Waals surface area contributed by atoms with Gasteiger partial charge in [-0.2, -0.15) is 6.07 Å². The number of hydrogen-bond donors (Lipinski definition) is 0. The summed E-state index contributed by atoms with van der Waals surface area (Å²) in [6.45, 7) is 6.10. The number of aromatic nitrogens is 1. The molecule has 1 aromatic rings. The van der Waals surface area contributed by atoms with Crippen LogP contribution in [0.3, 0.4) is 0 Å². The van der Waals surface area contributed by atoms with Gasteiger partial charge < -0.3 is 4.98 Å². The molecule has 0 aliphatic rings. The van der Waals surface area contributed by atoms with Gasteiger partial charge in [0.1, 0.15) is 0 Å². The summed E-state index contributed by atoms with van der Waals surface area (Å²) in [6.07, 6.45) is 4.52. The van der Waals surface area contributed by atoms with E-state index in [2.05, 4.69) is 18.0 Å². The van der Waals surface area contributed by atoms with Crippen molar-refractivity contribution < 1.29 is 0 Å². The number of nitrogens with zero attached hydrogens (tertiary/aromatic N) is 1. The maximum Gasteiger partial charge on any atom is 0 e. The number of rotatable bonds is 1. The Balaban J connectivity index is 0. The van der Waals surface area contributed by atoms with Crippen LogP contribution < -0.4 is 0 Å². The van der Waals surface area contributed by atoms with Gasteiger partial charge in [0.15, 0.2) is 0 Å². The van der Waals surface area contributed by atoms with E-state index in [0.29, 0.717) is 0 Å². The van der Waals surface area contributed by atoms with Gasteiger partial charge in [0.05, 0.1) is 0 Å². The van der Waals surface area contributed by atoms with Gasteiger partial charge in [-0.05, 0) is 0 Å². The third-order valence-electron chi connectivity index (χ3n) is 1.07. The number of hydrogen-bond acceptors (Lipinski definition) is 1. The van der Waals surface area contributed by atoms with Gasteiger partial charge in [-0.15, -0.1) is 0 Å². The van der Waals surface area contributed by atoms with Crippen LogP contribution in [-0.2, 0) is 6.42 Å². The molecule has 0 aliphatic carbocycles. The normalized spacial score (nSPS) is 7.18. The molecule has 0 radical (unpaired) electrons. The molecular weight excluding hydrogens is 389 g/mol. The van der Waals surface area contributed by atoms with Crippen LogP contribution in [0.1, 0.15) is 26.3 Å². The summed E-state index contributed by atoms with van der Waals surface area (Å²) in [5, 5.41) is 0. The third kappa shape index (κ3) is 4.64.